The number of anilines is 1. The number of aryl methyl sites for hydroxylation is 2. The monoisotopic (exact) mass is 294 g/mol. The SMILES string of the molecule is Cc1cc(NC(=O)c2ccc(-c3nnc(C)o3)cc2)ccn1. The van der Waals surface area contributed by atoms with Crippen molar-refractivity contribution in [1.82, 2.24) is 15.2 Å². The van der Waals surface area contributed by atoms with E-state index in [1.165, 1.54) is 0 Å². The quantitative estimate of drug-likeness (QED) is 0.803. The Hall–Kier alpha value is -3.02. The van der Waals surface area contributed by atoms with Crippen LogP contribution < -0.4 is 5.32 Å². The highest BCUT2D eigenvalue weighted by Crippen LogP contribution is 2.18. The first-order valence-electron chi connectivity index (χ1n) is 6.76. The van der Waals surface area contributed by atoms with Crippen molar-refractivity contribution in [3.8, 4) is 11.5 Å². The summed E-state index contributed by atoms with van der Waals surface area (Å²) in [6.45, 7) is 3.60. The summed E-state index contributed by atoms with van der Waals surface area (Å²) in [5, 5.41) is 10.6. The zero-order chi connectivity index (χ0) is 15.5. The molecule has 2 heterocycles. The lowest BCUT2D eigenvalue weighted by molar-refractivity contribution is 0.102. The average Bonchev–Trinajstić information content (AvgIpc) is 2.94. The van der Waals surface area contributed by atoms with Gasteiger partial charge in [-0.3, -0.25) is 9.78 Å². The number of nitrogens with zero attached hydrogens (tertiary/aromatic N) is 3. The highest BCUT2D eigenvalue weighted by atomic mass is 16.4. The maximum Gasteiger partial charge on any atom is 0.255 e. The van der Waals surface area contributed by atoms with Crippen LogP contribution in [0.4, 0.5) is 5.69 Å². The number of carbonyl (C=O) groups is 1. The molecule has 0 saturated heterocycles. The van der Waals surface area contributed by atoms with Crippen LogP contribution in [0, 0.1) is 13.8 Å². The largest absolute Gasteiger partial charge is 0.421 e. The number of pyridine rings is 1. The number of nitrogens with one attached hydrogen (secondary N) is 1. The normalized spacial score (nSPS) is 10.5. The molecule has 2 aromatic heterocycles. The third kappa shape index (κ3) is 3.01. The molecular formula is C16H14N4O2. The second-order valence-electron chi connectivity index (χ2n) is 4.84. The summed E-state index contributed by atoms with van der Waals surface area (Å²) in [5.74, 6) is 0.762. The number of amides is 1. The van der Waals surface area contributed by atoms with Gasteiger partial charge >= 0.3 is 0 Å². The van der Waals surface area contributed by atoms with E-state index in [0.29, 0.717) is 23.0 Å². The smallest absolute Gasteiger partial charge is 0.255 e. The molecule has 110 valence electrons. The molecule has 0 aliphatic rings. The van der Waals surface area contributed by atoms with E-state index in [2.05, 4.69) is 20.5 Å². The number of benzene rings is 1. The van der Waals surface area contributed by atoms with Crippen LogP contribution in [0.3, 0.4) is 0 Å². The molecule has 3 rings (SSSR count). The van der Waals surface area contributed by atoms with Crippen LogP contribution >= 0.6 is 0 Å². The van der Waals surface area contributed by atoms with Gasteiger partial charge in [0.05, 0.1) is 0 Å². The van der Waals surface area contributed by atoms with E-state index in [1.807, 2.05) is 13.0 Å². The lowest BCUT2D eigenvalue weighted by Crippen LogP contribution is -2.11. The standard InChI is InChI=1S/C16H14N4O2/c1-10-9-14(7-8-17-10)18-15(21)12-3-5-13(6-4-12)16-20-19-11(2)22-16/h3-9H,1-2H3,(H,17,18,21). The van der Waals surface area contributed by atoms with E-state index >= 15 is 0 Å². The van der Waals surface area contributed by atoms with E-state index < -0.39 is 0 Å². The Labute approximate surface area is 127 Å². The second-order valence-corrected chi connectivity index (χ2v) is 4.84. The molecular weight excluding hydrogens is 280 g/mol. The number of hydrogen-bond donors (Lipinski definition) is 1. The summed E-state index contributed by atoms with van der Waals surface area (Å²) in [5.41, 5.74) is 2.89. The van der Waals surface area contributed by atoms with Gasteiger partial charge in [-0.25, -0.2) is 0 Å². The van der Waals surface area contributed by atoms with E-state index in [1.54, 1.807) is 43.5 Å². The van der Waals surface area contributed by atoms with Gasteiger partial charge in [-0.15, -0.1) is 10.2 Å². The van der Waals surface area contributed by atoms with Gasteiger partial charge in [-0.05, 0) is 43.3 Å². The topological polar surface area (TPSA) is 80.9 Å². The summed E-state index contributed by atoms with van der Waals surface area (Å²) in [6.07, 6.45) is 1.66. The van der Waals surface area contributed by atoms with E-state index in [9.17, 15) is 4.79 Å². The molecule has 0 atom stereocenters. The van der Waals surface area contributed by atoms with Crippen LogP contribution in [0.2, 0.25) is 0 Å². The first-order chi connectivity index (χ1) is 10.6. The Morgan fingerprint density at radius 1 is 1.09 bits per heavy atom. The molecule has 22 heavy (non-hydrogen) atoms. The maximum absolute atomic E-state index is 12.2. The van der Waals surface area contributed by atoms with Gasteiger partial charge in [-0.1, -0.05) is 0 Å². The van der Waals surface area contributed by atoms with Crippen molar-refractivity contribution >= 4 is 11.6 Å². The maximum atomic E-state index is 12.2. The Balaban J connectivity index is 1.76. The van der Waals surface area contributed by atoms with Crippen LogP contribution in [0.15, 0.2) is 47.0 Å². The number of hydrogen-bond acceptors (Lipinski definition) is 5. The van der Waals surface area contributed by atoms with E-state index in [-0.39, 0.29) is 5.91 Å². The molecule has 0 aliphatic carbocycles. The second kappa shape index (κ2) is 5.77. The lowest BCUT2D eigenvalue weighted by atomic mass is 10.1. The molecule has 0 bridgehead atoms. The fraction of sp³-hybridized carbons (Fsp3) is 0.125. The van der Waals surface area contributed by atoms with Gasteiger partial charge in [0.15, 0.2) is 0 Å². The van der Waals surface area contributed by atoms with E-state index in [0.717, 1.165) is 11.3 Å². The first-order valence-corrected chi connectivity index (χ1v) is 6.76. The van der Waals surface area contributed by atoms with Crippen molar-refractivity contribution in [3.05, 3.63) is 59.7 Å². The molecule has 6 heteroatoms. The van der Waals surface area contributed by atoms with Crippen molar-refractivity contribution in [3.63, 3.8) is 0 Å². The molecule has 0 unspecified atom stereocenters. The molecule has 0 aliphatic heterocycles. The van der Waals surface area contributed by atoms with Gasteiger partial charge in [0.2, 0.25) is 11.8 Å². The third-order valence-electron chi connectivity index (χ3n) is 3.07. The van der Waals surface area contributed by atoms with Gasteiger partial charge in [0, 0.05) is 35.6 Å². The van der Waals surface area contributed by atoms with Crippen molar-refractivity contribution in [2.45, 2.75) is 13.8 Å². The van der Waals surface area contributed by atoms with Crippen molar-refractivity contribution < 1.29 is 9.21 Å². The Morgan fingerprint density at radius 2 is 1.86 bits per heavy atom. The highest BCUT2D eigenvalue weighted by Gasteiger charge is 2.09. The summed E-state index contributed by atoms with van der Waals surface area (Å²) in [4.78, 5) is 16.3. The van der Waals surface area contributed by atoms with Gasteiger partial charge < -0.3 is 9.73 Å². The van der Waals surface area contributed by atoms with Crippen molar-refractivity contribution in [1.29, 1.82) is 0 Å². The van der Waals surface area contributed by atoms with Crippen LogP contribution in [-0.4, -0.2) is 21.1 Å². The fourth-order valence-electron chi connectivity index (χ4n) is 2.00. The predicted octanol–water partition coefficient (Wildman–Crippen LogP) is 3.00. The van der Waals surface area contributed by atoms with Crippen LogP contribution in [-0.2, 0) is 0 Å². The van der Waals surface area contributed by atoms with Gasteiger partial charge in [0.1, 0.15) is 0 Å². The minimum atomic E-state index is -0.182. The van der Waals surface area contributed by atoms with Gasteiger partial charge in [-0.2, -0.15) is 0 Å². The zero-order valence-electron chi connectivity index (χ0n) is 12.2. The summed E-state index contributed by atoms with van der Waals surface area (Å²) >= 11 is 0. The predicted molar refractivity (Wildman–Crippen MR) is 81.4 cm³/mol. The number of carbonyl (C=O) groups excluding carboxylic acids is 1. The third-order valence-corrected chi connectivity index (χ3v) is 3.07. The van der Waals surface area contributed by atoms with Crippen molar-refractivity contribution in [2.24, 2.45) is 0 Å². The van der Waals surface area contributed by atoms with Gasteiger partial charge in [0.25, 0.3) is 5.91 Å². The number of aromatic nitrogens is 3. The fourth-order valence-corrected chi connectivity index (χ4v) is 2.00. The molecule has 0 saturated carbocycles. The molecule has 0 radical (unpaired) electrons. The molecule has 1 N–H and O–H groups in total. The zero-order valence-corrected chi connectivity index (χ0v) is 12.2. The van der Waals surface area contributed by atoms with Crippen LogP contribution in [0.1, 0.15) is 21.9 Å². The Bertz CT molecular complexity index is 809. The molecule has 3 aromatic rings. The lowest BCUT2D eigenvalue weighted by Gasteiger charge is -2.06. The molecule has 0 spiro atoms. The minimum absolute atomic E-state index is 0.182. The summed E-state index contributed by atoms with van der Waals surface area (Å²) < 4.78 is 5.35. The first kappa shape index (κ1) is 13.9. The highest BCUT2D eigenvalue weighted by molar-refractivity contribution is 6.04. The molecule has 1 aromatic carbocycles. The minimum Gasteiger partial charge on any atom is -0.421 e. The van der Waals surface area contributed by atoms with Crippen molar-refractivity contribution in [2.75, 3.05) is 5.32 Å². The number of rotatable bonds is 3. The molecule has 0 fully saturated rings. The summed E-state index contributed by atoms with van der Waals surface area (Å²) in [6, 6.07) is 10.6. The summed E-state index contributed by atoms with van der Waals surface area (Å²) in [7, 11) is 0. The Morgan fingerprint density at radius 3 is 2.50 bits per heavy atom. The van der Waals surface area contributed by atoms with Crippen LogP contribution in [0.5, 0.6) is 0 Å². The average molecular weight is 294 g/mol. The Kier molecular flexibility index (Phi) is 3.65. The molecule has 1 amide bonds. The van der Waals surface area contributed by atoms with E-state index in [4.69, 9.17) is 4.42 Å². The van der Waals surface area contributed by atoms with Crippen LogP contribution in [0.25, 0.3) is 11.5 Å². The molecule has 6 nitrogen and oxygen atoms in total.